The van der Waals surface area contributed by atoms with E-state index in [0.717, 1.165) is 17.3 Å². The van der Waals surface area contributed by atoms with Crippen LogP contribution in [-0.4, -0.2) is 34.8 Å². The molecule has 0 aliphatic heterocycles. The van der Waals surface area contributed by atoms with Crippen LogP contribution in [0.1, 0.15) is 23.7 Å². The Bertz CT molecular complexity index is 566. The van der Waals surface area contributed by atoms with E-state index in [2.05, 4.69) is 4.98 Å². The molecule has 0 spiro atoms. The average Bonchev–Trinajstić information content (AvgIpc) is 2.47. The Labute approximate surface area is 118 Å². The summed E-state index contributed by atoms with van der Waals surface area (Å²) in [7, 11) is 0. The fourth-order valence-corrected chi connectivity index (χ4v) is 2.23. The van der Waals surface area contributed by atoms with E-state index in [-0.39, 0.29) is 5.91 Å². The zero-order valence-corrected chi connectivity index (χ0v) is 11.7. The number of rotatable bonds is 5. The molecule has 3 nitrogen and oxygen atoms in total. The third kappa shape index (κ3) is 3.04. The number of fused-ring (bicyclic) bond motifs is 1. The number of pyridine rings is 1. The van der Waals surface area contributed by atoms with Crippen LogP contribution in [0.3, 0.4) is 0 Å². The highest BCUT2D eigenvalue weighted by Gasteiger charge is 2.16. The number of alkyl halides is 1. The summed E-state index contributed by atoms with van der Waals surface area (Å²) in [6.45, 7) is 3.36. The van der Waals surface area contributed by atoms with Crippen LogP contribution < -0.4 is 0 Å². The lowest BCUT2D eigenvalue weighted by molar-refractivity contribution is 0.0767. The fourth-order valence-electron chi connectivity index (χ4n) is 2.11. The van der Waals surface area contributed by atoms with E-state index in [4.69, 9.17) is 11.6 Å². The van der Waals surface area contributed by atoms with E-state index in [9.17, 15) is 4.79 Å². The molecule has 0 unspecified atom stereocenters. The van der Waals surface area contributed by atoms with Crippen molar-refractivity contribution < 1.29 is 4.79 Å². The van der Waals surface area contributed by atoms with Gasteiger partial charge in [0.05, 0.1) is 11.1 Å². The second-order valence-electron chi connectivity index (χ2n) is 4.30. The lowest BCUT2D eigenvalue weighted by Gasteiger charge is -2.21. The highest BCUT2D eigenvalue weighted by Crippen LogP contribution is 2.18. The van der Waals surface area contributed by atoms with E-state index in [1.165, 1.54) is 0 Å². The van der Waals surface area contributed by atoms with Gasteiger partial charge in [-0.3, -0.25) is 9.78 Å². The molecule has 1 amide bonds. The Morgan fingerprint density at radius 1 is 1.32 bits per heavy atom. The van der Waals surface area contributed by atoms with Gasteiger partial charge in [0.25, 0.3) is 5.91 Å². The maximum absolute atomic E-state index is 12.6. The van der Waals surface area contributed by atoms with Crippen LogP contribution in [0.2, 0.25) is 0 Å². The number of halogens is 1. The minimum absolute atomic E-state index is 0.0474. The predicted molar refractivity (Wildman–Crippen MR) is 78.7 cm³/mol. The van der Waals surface area contributed by atoms with E-state index in [1.807, 2.05) is 36.1 Å². The largest absolute Gasteiger partial charge is 0.339 e. The van der Waals surface area contributed by atoms with Crippen molar-refractivity contribution in [2.24, 2.45) is 0 Å². The first-order valence-corrected chi connectivity index (χ1v) is 7.00. The van der Waals surface area contributed by atoms with Crippen molar-refractivity contribution in [3.05, 3.63) is 42.1 Å². The smallest absolute Gasteiger partial charge is 0.254 e. The van der Waals surface area contributed by atoms with Crippen LogP contribution >= 0.6 is 11.6 Å². The Kier molecular flexibility index (Phi) is 4.74. The molecule has 1 aromatic carbocycles. The van der Waals surface area contributed by atoms with Crippen LogP contribution in [0.15, 0.2) is 36.5 Å². The number of hydrogen-bond acceptors (Lipinski definition) is 2. The number of nitrogens with zero attached hydrogens (tertiary/aromatic N) is 2. The SMILES string of the molecule is CCN(CCCCl)C(=O)c1ccnc2ccccc12. The molecular formula is C15H17ClN2O. The summed E-state index contributed by atoms with van der Waals surface area (Å²) in [6, 6.07) is 9.49. The molecule has 0 saturated heterocycles. The number of aromatic nitrogens is 1. The molecule has 0 N–H and O–H groups in total. The topological polar surface area (TPSA) is 33.2 Å². The highest BCUT2D eigenvalue weighted by molar-refractivity contribution is 6.17. The third-order valence-corrected chi connectivity index (χ3v) is 3.38. The second kappa shape index (κ2) is 6.53. The van der Waals surface area contributed by atoms with Crippen LogP contribution in [0, 0.1) is 0 Å². The monoisotopic (exact) mass is 276 g/mol. The lowest BCUT2D eigenvalue weighted by Crippen LogP contribution is -2.32. The zero-order chi connectivity index (χ0) is 13.7. The van der Waals surface area contributed by atoms with Gasteiger partial charge in [-0.1, -0.05) is 18.2 Å². The molecule has 2 rings (SSSR count). The van der Waals surface area contributed by atoms with Gasteiger partial charge in [-0.25, -0.2) is 0 Å². The quantitative estimate of drug-likeness (QED) is 0.785. The number of benzene rings is 1. The van der Waals surface area contributed by atoms with Crippen molar-refractivity contribution in [1.29, 1.82) is 0 Å². The third-order valence-electron chi connectivity index (χ3n) is 3.11. The van der Waals surface area contributed by atoms with Gasteiger partial charge in [-0.15, -0.1) is 11.6 Å². The number of carbonyl (C=O) groups excluding carboxylic acids is 1. The number of hydrogen-bond donors (Lipinski definition) is 0. The Balaban J connectivity index is 2.35. The van der Waals surface area contributed by atoms with Crippen LogP contribution in [0.4, 0.5) is 0 Å². The van der Waals surface area contributed by atoms with Gasteiger partial charge >= 0.3 is 0 Å². The number of para-hydroxylation sites is 1. The fraction of sp³-hybridized carbons (Fsp3) is 0.333. The standard InChI is InChI=1S/C15H17ClN2O/c1-2-18(11-5-9-16)15(19)13-8-10-17-14-7-4-3-6-12(13)14/h3-4,6-8,10H,2,5,9,11H2,1H3. The first-order chi connectivity index (χ1) is 9.27. The molecular weight excluding hydrogens is 260 g/mol. The van der Waals surface area contributed by atoms with Crippen LogP contribution in [-0.2, 0) is 0 Å². The maximum Gasteiger partial charge on any atom is 0.254 e. The molecule has 0 saturated carbocycles. The van der Waals surface area contributed by atoms with E-state index < -0.39 is 0 Å². The summed E-state index contributed by atoms with van der Waals surface area (Å²) >= 11 is 5.70. The van der Waals surface area contributed by atoms with Crippen molar-refractivity contribution in [3.8, 4) is 0 Å². The Morgan fingerprint density at radius 3 is 2.84 bits per heavy atom. The minimum Gasteiger partial charge on any atom is -0.339 e. The first-order valence-electron chi connectivity index (χ1n) is 6.47. The molecule has 1 aromatic heterocycles. The van der Waals surface area contributed by atoms with Crippen molar-refractivity contribution in [2.75, 3.05) is 19.0 Å². The van der Waals surface area contributed by atoms with E-state index >= 15 is 0 Å². The summed E-state index contributed by atoms with van der Waals surface area (Å²) in [5.74, 6) is 0.618. The van der Waals surface area contributed by atoms with Gasteiger partial charge in [0, 0.05) is 30.6 Å². The van der Waals surface area contributed by atoms with E-state index in [0.29, 0.717) is 24.5 Å². The lowest BCUT2D eigenvalue weighted by atomic mass is 10.1. The van der Waals surface area contributed by atoms with Crippen LogP contribution in [0.25, 0.3) is 10.9 Å². The second-order valence-corrected chi connectivity index (χ2v) is 4.68. The molecule has 0 aliphatic rings. The molecule has 2 aromatic rings. The summed E-state index contributed by atoms with van der Waals surface area (Å²) in [5.41, 5.74) is 1.56. The normalized spacial score (nSPS) is 10.6. The first kappa shape index (κ1) is 13.8. The van der Waals surface area contributed by atoms with E-state index in [1.54, 1.807) is 12.3 Å². The van der Waals surface area contributed by atoms with Gasteiger partial charge < -0.3 is 4.90 Å². The van der Waals surface area contributed by atoms with Crippen molar-refractivity contribution in [3.63, 3.8) is 0 Å². The van der Waals surface area contributed by atoms with Crippen LogP contribution in [0.5, 0.6) is 0 Å². The number of amides is 1. The van der Waals surface area contributed by atoms with Crippen molar-refractivity contribution >= 4 is 28.4 Å². The average molecular weight is 277 g/mol. The summed E-state index contributed by atoms with van der Waals surface area (Å²) in [5, 5.41) is 0.902. The molecule has 100 valence electrons. The van der Waals surface area contributed by atoms with Gasteiger partial charge in [0.1, 0.15) is 0 Å². The van der Waals surface area contributed by atoms with Crippen molar-refractivity contribution in [1.82, 2.24) is 9.88 Å². The zero-order valence-electron chi connectivity index (χ0n) is 11.0. The number of carbonyl (C=O) groups is 1. The molecule has 0 radical (unpaired) electrons. The summed E-state index contributed by atoms with van der Waals surface area (Å²) < 4.78 is 0. The molecule has 0 aliphatic carbocycles. The van der Waals surface area contributed by atoms with Gasteiger partial charge in [0.2, 0.25) is 0 Å². The molecule has 1 heterocycles. The van der Waals surface area contributed by atoms with Gasteiger partial charge in [-0.2, -0.15) is 0 Å². The highest BCUT2D eigenvalue weighted by atomic mass is 35.5. The molecule has 0 fully saturated rings. The molecule has 0 bridgehead atoms. The molecule has 19 heavy (non-hydrogen) atoms. The van der Waals surface area contributed by atoms with Crippen molar-refractivity contribution in [2.45, 2.75) is 13.3 Å². The predicted octanol–water partition coefficient (Wildman–Crippen LogP) is 3.33. The van der Waals surface area contributed by atoms with Gasteiger partial charge in [-0.05, 0) is 25.5 Å². The van der Waals surface area contributed by atoms with Gasteiger partial charge in [0.15, 0.2) is 0 Å². The molecule has 0 atom stereocenters. The summed E-state index contributed by atoms with van der Waals surface area (Å²) in [4.78, 5) is 18.7. The minimum atomic E-state index is 0.0474. The Morgan fingerprint density at radius 2 is 2.11 bits per heavy atom. The maximum atomic E-state index is 12.6. The molecule has 4 heteroatoms. The summed E-state index contributed by atoms with van der Waals surface area (Å²) in [6.07, 6.45) is 2.50. The Hall–Kier alpha value is -1.61.